The number of nitrogens with zero attached hydrogens (tertiary/aromatic N) is 5. The molecule has 0 amide bonds. The zero-order chi connectivity index (χ0) is 24.3. The molecular formula is C23H22F3N5O3. The van der Waals surface area contributed by atoms with Crippen molar-refractivity contribution in [2.45, 2.75) is 32.0 Å². The van der Waals surface area contributed by atoms with Crippen LogP contribution in [-0.4, -0.2) is 54.8 Å². The predicted octanol–water partition coefficient (Wildman–Crippen LogP) is 3.85. The summed E-state index contributed by atoms with van der Waals surface area (Å²) in [5.41, 5.74) is 2.96. The van der Waals surface area contributed by atoms with Crippen LogP contribution >= 0.6 is 0 Å². The van der Waals surface area contributed by atoms with Gasteiger partial charge in [-0.2, -0.15) is 13.2 Å². The van der Waals surface area contributed by atoms with Gasteiger partial charge in [-0.15, -0.1) is 5.10 Å². The maximum absolute atomic E-state index is 13.3. The molecule has 0 aliphatic carbocycles. The van der Waals surface area contributed by atoms with Crippen molar-refractivity contribution in [2.24, 2.45) is 0 Å². The van der Waals surface area contributed by atoms with Gasteiger partial charge in [0.05, 0.1) is 30.1 Å². The predicted molar refractivity (Wildman–Crippen MR) is 116 cm³/mol. The number of ether oxygens (including phenoxy) is 1. The smallest absolute Gasteiger partial charge is 0.397 e. The summed E-state index contributed by atoms with van der Waals surface area (Å²) >= 11 is 0. The molecule has 0 aliphatic rings. The fourth-order valence-electron chi connectivity index (χ4n) is 3.83. The zero-order valence-corrected chi connectivity index (χ0v) is 18.2. The largest absolute Gasteiger partial charge is 0.462 e. The first-order valence-electron chi connectivity index (χ1n) is 10.6. The van der Waals surface area contributed by atoms with Gasteiger partial charge in [0.1, 0.15) is 5.92 Å². The molecule has 4 aromatic rings. The van der Waals surface area contributed by atoms with Crippen molar-refractivity contribution < 1.29 is 27.8 Å². The van der Waals surface area contributed by atoms with Crippen LogP contribution < -0.4 is 0 Å². The van der Waals surface area contributed by atoms with E-state index in [0.717, 1.165) is 11.1 Å². The minimum atomic E-state index is -4.53. The number of aliphatic hydroxyl groups is 1. The summed E-state index contributed by atoms with van der Waals surface area (Å²) < 4.78 is 48.2. The number of aliphatic hydroxyl groups excluding tert-OH is 1. The molecule has 8 nitrogen and oxygen atoms in total. The van der Waals surface area contributed by atoms with E-state index in [-0.39, 0.29) is 18.8 Å². The maximum atomic E-state index is 13.3. The van der Waals surface area contributed by atoms with Gasteiger partial charge < -0.3 is 14.2 Å². The quantitative estimate of drug-likeness (QED) is 0.391. The molecule has 0 saturated carbocycles. The molecule has 1 atom stereocenters. The van der Waals surface area contributed by atoms with Crippen LogP contribution in [0.5, 0.6) is 0 Å². The standard InChI is InChI=1S/C23H22F3N5O3/c1-2-34-22(33)18-11-17-10-15(5-8-31(17)21(18)16-4-3-7-27-12-16)13-30-14-20(28-29-30)19(6-9-32)23(24,25)26/h3-5,7-8,10-12,14,19,32H,2,6,9,13H2,1H3. The molecule has 178 valence electrons. The highest BCUT2D eigenvalue weighted by Crippen LogP contribution is 2.36. The Morgan fingerprint density at radius 2 is 2.09 bits per heavy atom. The first kappa shape index (κ1) is 23.4. The van der Waals surface area contributed by atoms with Gasteiger partial charge in [-0.05, 0) is 49.2 Å². The first-order valence-corrected chi connectivity index (χ1v) is 10.6. The van der Waals surface area contributed by atoms with E-state index < -0.39 is 31.1 Å². The number of halogens is 3. The number of carbonyl (C=O) groups excluding carboxylic acids is 1. The molecule has 0 bridgehead atoms. The van der Waals surface area contributed by atoms with Gasteiger partial charge >= 0.3 is 12.1 Å². The summed E-state index contributed by atoms with van der Waals surface area (Å²) in [6.07, 6.45) is 1.29. The number of hydrogen-bond donors (Lipinski definition) is 1. The van der Waals surface area contributed by atoms with Crippen molar-refractivity contribution in [3.63, 3.8) is 0 Å². The average molecular weight is 473 g/mol. The molecule has 0 saturated heterocycles. The van der Waals surface area contributed by atoms with E-state index in [1.165, 1.54) is 10.9 Å². The molecule has 1 unspecified atom stereocenters. The number of carbonyl (C=O) groups is 1. The highest BCUT2D eigenvalue weighted by atomic mass is 19.4. The number of fused-ring (bicyclic) bond motifs is 1. The molecule has 11 heteroatoms. The number of pyridine rings is 2. The Bertz CT molecular complexity index is 1280. The lowest BCUT2D eigenvalue weighted by atomic mass is 10.0. The molecule has 0 aromatic carbocycles. The summed E-state index contributed by atoms with van der Waals surface area (Å²) in [6, 6.07) is 8.92. The van der Waals surface area contributed by atoms with E-state index in [1.807, 2.05) is 16.5 Å². The van der Waals surface area contributed by atoms with Crippen LogP contribution in [0.2, 0.25) is 0 Å². The van der Waals surface area contributed by atoms with Crippen LogP contribution in [0.1, 0.15) is 40.9 Å². The van der Waals surface area contributed by atoms with Gasteiger partial charge in [0, 0.05) is 42.5 Å². The maximum Gasteiger partial charge on any atom is 0.397 e. The van der Waals surface area contributed by atoms with Crippen molar-refractivity contribution in [3.05, 3.63) is 71.9 Å². The number of esters is 1. The number of hydrogen-bond acceptors (Lipinski definition) is 6. The molecule has 4 heterocycles. The van der Waals surface area contributed by atoms with Crippen LogP contribution in [0.4, 0.5) is 13.2 Å². The van der Waals surface area contributed by atoms with Crippen LogP contribution in [0.25, 0.3) is 16.8 Å². The van der Waals surface area contributed by atoms with Gasteiger partial charge in [-0.3, -0.25) is 4.98 Å². The van der Waals surface area contributed by atoms with Gasteiger partial charge in [0.15, 0.2) is 0 Å². The minimum Gasteiger partial charge on any atom is -0.462 e. The Kier molecular flexibility index (Phi) is 6.64. The van der Waals surface area contributed by atoms with Crippen LogP contribution in [0.3, 0.4) is 0 Å². The fourth-order valence-corrected chi connectivity index (χ4v) is 3.83. The fraction of sp³-hybridized carbons (Fsp3) is 0.304. The van der Waals surface area contributed by atoms with Crippen LogP contribution in [0, 0.1) is 0 Å². The molecule has 0 aliphatic heterocycles. The van der Waals surface area contributed by atoms with Gasteiger partial charge in [0.2, 0.25) is 0 Å². The topological polar surface area (TPSA) is 94.5 Å². The third-order valence-corrected chi connectivity index (χ3v) is 5.34. The molecule has 1 N–H and O–H groups in total. The van der Waals surface area contributed by atoms with Crippen molar-refractivity contribution >= 4 is 11.5 Å². The highest BCUT2D eigenvalue weighted by Gasteiger charge is 2.42. The lowest BCUT2D eigenvalue weighted by Crippen LogP contribution is -2.22. The van der Waals surface area contributed by atoms with Crippen molar-refractivity contribution in [1.82, 2.24) is 24.4 Å². The van der Waals surface area contributed by atoms with E-state index in [9.17, 15) is 18.0 Å². The molecule has 0 radical (unpaired) electrons. The molecule has 4 aromatic heterocycles. The summed E-state index contributed by atoms with van der Waals surface area (Å²) in [5, 5.41) is 16.5. The van der Waals surface area contributed by atoms with E-state index >= 15 is 0 Å². The van der Waals surface area contributed by atoms with Crippen LogP contribution in [0.15, 0.2) is 55.1 Å². The summed E-state index contributed by atoms with van der Waals surface area (Å²) in [6.45, 7) is 1.53. The SMILES string of the molecule is CCOC(=O)c1cc2cc(Cn3cc(C(CCO)C(F)(F)F)nn3)ccn2c1-c1cccnc1. The third kappa shape index (κ3) is 4.79. The Balaban J connectivity index is 1.67. The average Bonchev–Trinajstić information content (AvgIpc) is 3.41. The summed E-state index contributed by atoms with van der Waals surface area (Å²) in [4.78, 5) is 16.7. The van der Waals surface area contributed by atoms with E-state index in [1.54, 1.807) is 43.7 Å². The molecule has 4 rings (SSSR count). The van der Waals surface area contributed by atoms with Crippen molar-refractivity contribution in [2.75, 3.05) is 13.2 Å². The number of aromatic nitrogens is 5. The van der Waals surface area contributed by atoms with Gasteiger partial charge in [0.25, 0.3) is 0 Å². The summed E-state index contributed by atoms with van der Waals surface area (Å²) in [7, 11) is 0. The minimum absolute atomic E-state index is 0.176. The molecule has 0 spiro atoms. The van der Waals surface area contributed by atoms with Gasteiger partial charge in [-0.25, -0.2) is 9.48 Å². The van der Waals surface area contributed by atoms with E-state index in [4.69, 9.17) is 9.84 Å². The lowest BCUT2D eigenvalue weighted by molar-refractivity contribution is -0.154. The lowest BCUT2D eigenvalue weighted by Gasteiger charge is -2.16. The van der Waals surface area contributed by atoms with E-state index in [2.05, 4.69) is 15.3 Å². The summed E-state index contributed by atoms with van der Waals surface area (Å²) in [5.74, 6) is -2.34. The first-order chi connectivity index (χ1) is 16.3. The van der Waals surface area contributed by atoms with Crippen molar-refractivity contribution in [1.29, 1.82) is 0 Å². The monoisotopic (exact) mass is 473 g/mol. The second-order valence-electron chi connectivity index (χ2n) is 7.65. The normalized spacial score (nSPS) is 12.7. The van der Waals surface area contributed by atoms with E-state index in [0.29, 0.717) is 16.8 Å². The second-order valence-corrected chi connectivity index (χ2v) is 7.65. The Morgan fingerprint density at radius 3 is 2.76 bits per heavy atom. The number of alkyl halides is 3. The Labute approximate surface area is 192 Å². The van der Waals surface area contributed by atoms with Crippen molar-refractivity contribution in [3.8, 4) is 11.3 Å². The second kappa shape index (κ2) is 9.64. The third-order valence-electron chi connectivity index (χ3n) is 5.34. The Morgan fingerprint density at radius 1 is 1.26 bits per heavy atom. The Hall–Kier alpha value is -3.73. The number of rotatable bonds is 8. The van der Waals surface area contributed by atoms with Crippen LogP contribution in [-0.2, 0) is 11.3 Å². The zero-order valence-electron chi connectivity index (χ0n) is 18.2. The van der Waals surface area contributed by atoms with Gasteiger partial charge in [-0.1, -0.05) is 5.21 Å². The molecular weight excluding hydrogens is 451 g/mol. The molecule has 0 fully saturated rings. The molecule has 34 heavy (non-hydrogen) atoms. The highest BCUT2D eigenvalue weighted by molar-refractivity contribution is 5.99.